The maximum absolute atomic E-state index is 9.20. The van der Waals surface area contributed by atoms with Crippen molar-refractivity contribution >= 4 is 0 Å². The lowest BCUT2D eigenvalue weighted by Crippen LogP contribution is -2.57. The van der Waals surface area contributed by atoms with E-state index in [0.29, 0.717) is 0 Å². The standard InChI is InChI=1S/C6H13NO5/c1-2-3(8)4(9)5(10)6(11-2)12-7/h2-6,8-10H,7H2,1H3/t2-,3+,4+,5-,6-/m0/s1. The Balaban J connectivity index is 2.63. The summed E-state index contributed by atoms with van der Waals surface area (Å²) in [6.07, 6.45) is -5.43. The first-order chi connectivity index (χ1) is 5.57. The second-order valence-electron chi connectivity index (χ2n) is 2.82. The number of ether oxygens (including phenoxy) is 1. The number of aliphatic hydroxyl groups is 3. The number of hydrogen-bond acceptors (Lipinski definition) is 6. The molecule has 0 aromatic heterocycles. The van der Waals surface area contributed by atoms with E-state index in [1.165, 1.54) is 0 Å². The van der Waals surface area contributed by atoms with Crippen LogP contribution < -0.4 is 5.90 Å². The van der Waals surface area contributed by atoms with Crippen molar-refractivity contribution in [3.63, 3.8) is 0 Å². The van der Waals surface area contributed by atoms with Crippen molar-refractivity contribution in [2.45, 2.75) is 37.6 Å². The van der Waals surface area contributed by atoms with Crippen molar-refractivity contribution in [2.24, 2.45) is 5.90 Å². The number of rotatable bonds is 1. The third-order valence-electron chi connectivity index (χ3n) is 1.94. The summed E-state index contributed by atoms with van der Waals surface area (Å²) in [5, 5.41) is 27.6. The van der Waals surface area contributed by atoms with Crippen LogP contribution >= 0.6 is 0 Å². The van der Waals surface area contributed by atoms with Crippen LogP contribution in [0.25, 0.3) is 0 Å². The lowest BCUT2D eigenvalue weighted by atomic mass is 10.0. The molecule has 0 amide bonds. The fourth-order valence-electron chi connectivity index (χ4n) is 1.13. The highest BCUT2D eigenvalue weighted by atomic mass is 16.8. The van der Waals surface area contributed by atoms with E-state index in [4.69, 9.17) is 10.6 Å². The molecule has 0 bridgehead atoms. The average molecular weight is 179 g/mol. The molecule has 1 heterocycles. The third kappa shape index (κ3) is 1.58. The molecule has 6 heteroatoms. The maximum atomic E-state index is 9.20. The van der Waals surface area contributed by atoms with Gasteiger partial charge in [-0.25, -0.2) is 5.90 Å². The summed E-state index contributed by atoms with van der Waals surface area (Å²) in [7, 11) is 0. The molecule has 1 rings (SSSR count). The van der Waals surface area contributed by atoms with E-state index in [9.17, 15) is 15.3 Å². The predicted molar refractivity (Wildman–Crippen MR) is 37.6 cm³/mol. The van der Waals surface area contributed by atoms with Crippen LogP contribution in [0.2, 0.25) is 0 Å². The molecule has 6 nitrogen and oxygen atoms in total. The number of hydrogen-bond donors (Lipinski definition) is 4. The summed E-state index contributed by atoms with van der Waals surface area (Å²) in [4.78, 5) is 4.25. The van der Waals surface area contributed by atoms with E-state index in [1.54, 1.807) is 6.92 Å². The first kappa shape index (κ1) is 9.85. The lowest BCUT2D eigenvalue weighted by molar-refractivity contribution is -0.294. The Morgan fingerprint density at radius 3 is 2.25 bits per heavy atom. The van der Waals surface area contributed by atoms with Gasteiger partial charge in [0, 0.05) is 0 Å². The van der Waals surface area contributed by atoms with Gasteiger partial charge in [0.2, 0.25) is 6.29 Å². The summed E-state index contributed by atoms with van der Waals surface area (Å²) in [6.45, 7) is 1.55. The van der Waals surface area contributed by atoms with Crippen LogP contribution in [-0.2, 0) is 9.57 Å². The fraction of sp³-hybridized carbons (Fsp3) is 1.00. The van der Waals surface area contributed by atoms with Gasteiger partial charge in [0.05, 0.1) is 6.10 Å². The Hall–Kier alpha value is -0.240. The minimum atomic E-state index is -1.32. The molecule has 5 N–H and O–H groups in total. The smallest absolute Gasteiger partial charge is 0.205 e. The Morgan fingerprint density at radius 1 is 1.17 bits per heavy atom. The van der Waals surface area contributed by atoms with Gasteiger partial charge in [-0.3, -0.25) is 4.84 Å². The second-order valence-corrected chi connectivity index (χ2v) is 2.82. The zero-order chi connectivity index (χ0) is 9.30. The molecular weight excluding hydrogens is 166 g/mol. The molecule has 0 radical (unpaired) electrons. The SMILES string of the molecule is C[C@@H]1O[C@@H](ON)[C@@H](O)[C@H](O)[C@@H]1O. The first-order valence-electron chi connectivity index (χ1n) is 3.63. The molecule has 0 aliphatic carbocycles. The number of aliphatic hydroxyl groups excluding tert-OH is 3. The highest BCUT2D eigenvalue weighted by molar-refractivity contribution is 4.86. The molecule has 0 aromatic rings. The summed E-state index contributed by atoms with van der Waals surface area (Å²) in [5.74, 6) is 4.79. The van der Waals surface area contributed by atoms with Crippen LogP contribution in [0.1, 0.15) is 6.92 Å². The molecule has 0 unspecified atom stereocenters. The minimum Gasteiger partial charge on any atom is -0.388 e. The predicted octanol–water partition coefficient (Wildman–Crippen LogP) is -2.30. The van der Waals surface area contributed by atoms with Crippen LogP contribution in [0.5, 0.6) is 0 Å². The van der Waals surface area contributed by atoms with Gasteiger partial charge in [-0.05, 0) is 6.92 Å². The summed E-state index contributed by atoms with van der Waals surface area (Å²) < 4.78 is 4.92. The summed E-state index contributed by atoms with van der Waals surface area (Å²) in [6, 6.07) is 0. The lowest BCUT2D eigenvalue weighted by Gasteiger charge is -2.37. The molecule has 0 spiro atoms. The zero-order valence-electron chi connectivity index (χ0n) is 6.62. The van der Waals surface area contributed by atoms with Crippen LogP contribution in [0.3, 0.4) is 0 Å². The van der Waals surface area contributed by atoms with Crippen molar-refractivity contribution in [1.82, 2.24) is 0 Å². The van der Waals surface area contributed by atoms with Gasteiger partial charge in [0.25, 0.3) is 0 Å². The number of nitrogens with two attached hydrogens (primary N) is 1. The molecule has 0 saturated carbocycles. The van der Waals surface area contributed by atoms with E-state index < -0.39 is 30.7 Å². The molecule has 0 aromatic carbocycles. The van der Waals surface area contributed by atoms with Crippen LogP contribution in [0.15, 0.2) is 0 Å². The van der Waals surface area contributed by atoms with Gasteiger partial charge in [-0.2, -0.15) is 0 Å². The summed E-state index contributed by atoms with van der Waals surface area (Å²) >= 11 is 0. The molecule has 5 atom stereocenters. The highest BCUT2D eigenvalue weighted by Gasteiger charge is 2.42. The van der Waals surface area contributed by atoms with Gasteiger partial charge >= 0.3 is 0 Å². The normalized spacial score (nSPS) is 49.2. The van der Waals surface area contributed by atoms with Gasteiger partial charge in [-0.15, -0.1) is 0 Å². The Labute approximate surface area is 69.5 Å². The van der Waals surface area contributed by atoms with Gasteiger partial charge in [0.1, 0.15) is 18.3 Å². The first-order valence-corrected chi connectivity index (χ1v) is 3.63. The molecule has 1 saturated heterocycles. The average Bonchev–Trinajstić information content (AvgIpc) is 2.08. The van der Waals surface area contributed by atoms with Crippen molar-refractivity contribution in [1.29, 1.82) is 0 Å². The Kier molecular flexibility index (Phi) is 2.99. The monoisotopic (exact) mass is 179 g/mol. The maximum Gasteiger partial charge on any atom is 0.205 e. The topological polar surface area (TPSA) is 105 Å². The van der Waals surface area contributed by atoms with Gasteiger partial charge in [-0.1, -0.05) is 0 Å². The van der Waals surface area contributed by atoms with E-state index in [2.05, 4.69) is 4.84 Å². The third-order valence-corrected chi connectivity index (χ3v) is 1.94. The van der Waals surface area contributed by atoms with Crippen LogP contribution in [0.4, 0.5) is 0 Å². The minimum absolute atomic E-state index is 0.614. The molecule has 1 fully saturated rings. The van der Waals surface area contributed by atoms with E-state index in [0.717, 1.165) is 0 Å². The largest absolute Gasteiger partial charge is 0.388 e. The van der Waals surface area contributed by atoms with Crippen LogP contribution in [0, 0.1) is 0 Å². The van der Waals surface area contributed by atoms with Crippen molar-refractivity contribution < 1.29 is 24.9 Å². The fourth-order valence-corrected chi connectivity index (χ4v) is 1.13. The van der Waals surface area contributed by atoms with E-state index >= 15 is 0 Å². The molecule has 1 aliphatic heterocycles. The quantitative estimate of drug-likeness (QED) is 0.337. The highest BCUT2D eigenvalue weighted by Crippen LogP contribution is 2.20. The Morgan fingerprint density at radius 2 is 1.75 bits per heavy atom. The van der Waals surface area contributed by atoms with Crippen molar-refractivity contribution in [3.05, 3.63) is 0 Å². The Bertz CT molecular complexity index is 150. The zero-order valence-corrected chi connectivity index (χ0v) is 6.62. The molecule has 12 heavy (non-hydrogen) atoms. The summed E-state index contributed by atoms with van der Waals surface area (Å²) in [5.41, 5.74) is 0. The van der Waals surface area contributed by atoms with E-state index in [1.807, 2.05) is 0 Å². The molecule has 1 aliphatic rings. The van der Waals surface area contributed by atoms with Crippen LogP contribution in [-0.4, -0.2) is 46.0 Å². The van der Waals surface area contributed by atoms with Gasteiger partial charge < -0.3 is 20.1 Å². The van der Waals surface area contributed by atoms with Crippen molar-refractivity contribution in [2.75, 3.05) is 0 Å². The van der Waals surface area contributed by atoms with Crippen molar-refractivity contribution in [3.8, 4) is 0 Å². The van der Waals surface area contributed by atoms with E-state index in [-0.39, 0.29) is 0 Å². The molecule has 72 valence electrons. The molecular formula is C6H13NO5. The second kappa shape index (κ2) is 3.65. The van der Waals surface area contributed by atoms with Gasteiger partial charge in [0.15, 0.2) is 0 Å².